The zero-order chi connectivity index (χ0) is 16.4. The van der Waals surface area contributed by atoms with Gasteiger partial charge < -0.3 is 9.47 Å². The van der Waals surface area contributed by atoms with Crippen LogP contribution in [-0.2, 0) is 0 Å². The molecule has 1 atom stereocenters. The molecule has 1 heterocycles. The molecule has 2 nitrogen and oxygen atoms in total. The molecule has 2 aromatic carbocycles. The Kier molecular flexibility index (Phi) is 8.13. The van der Waals surface area contributed by atoms with Crippen molar-refractivity contribution >= 4 is 0 Å². The summed E-state index contributed by atoms with van der Waals surface area (Å²) in [5.74, 6) is 1.72. The molecule has 0 amide bonds. The summed E-state index contributed by atoms with van der Waals surface area (Å²) in [6, 6.07) is 16.3. The standard InChI is InChI=1S/C16H16O2.2C2H6/c1-2-13-11-17-15-10-6-9-14(16(15)18-13)12-7-4-3-5-8-12;2*1-2/h3-10,13H,2,11H2,1H3;2*1-2H3/t13-;;/m0../s1. The van der Waals surface area contributed by atoms with Crippen molar-refractivity contribution in [2.45, 2.75) is 47.1 Å². The molecule has 22 heavy (non-hydrogen) atoms. The SMILES string of the molecule is CC.CC.CC[C@H]1COc2cccc(-c3ccccc3)c2O1. The number of para-hydroxylation sites is 1. The molecule has 0 radical (unpaired) electrons. The highest BCUT2D eigenvalue weighted by Gasteiger charge is 2.22. The lowest BCUT2D eigenvalue weighted by atomic mass is 10.0. The number of hydrogen-bond acceptors (Lipinski definition) is 2. The average molecular weight is 300 g/mol. The van der Waals surface area contributed by atoms with Crippen molar-refractivity contribution in [3.05, 3.63) is 48.5 Å². The molecule has 0 bridgehead atoms. The van der Waals surface area contributed by atoms with Crippen LogP contribution in [0.3, 0.4) is 0 Å². The van der Waals surface area contributed by atoms with Gasteiger partial charge in [-0.25, -0.2) is 0 Å². The summed E-state index contributed by atoms with van der Waals surface area (Å²) in [5.41, 5.74) is 2.26. The molecule has 2 aromatic rings. The van der Waals surface area contributed by atoms with E-state index in [2.05, 4.69) is 25.1 Å². The lowest BCUT2D eigenvalue weighted by molar-refractivity contribution is 0.0892. The Morgan fingerprint density at radius 3 is 2.23 bits per heavy atom. The van der Waals surface area contributed by atoms with E-state index in [4.69, 9.17) is 9.47 Å². The molecular formula is C20H28O2. The van der Waals surface area contributed by atoms with Crippen molar-refractivity contribution in [2.75, 3.05) is 6.61 Å². The molecule has 0 saturated carbocycles. The van der Waals surface area contributed by atoms with E-state index in [9.17, 15) is 0 Å². The van der Waals surface area contributed by atoms with Crippen LogP contribution in [0, 0.1) is 0 Å². The maximum atomic E-state index is 6.04. The molecule has 0 aromatic heterocycles. The molecule has 120 valence electrons. The van der Waals surface area contributed by atoms with Crippen LogP contribution >= 0.6 is 0 Å². The Bertz CT molecular complexity index is 535. The third-order valence-electron chi connectivity index (χ3n) is 3.23. The minimum atomic E-state index is 0.155. The van der Waals surface area contributed by atoms with Gasteiger partial charge in [-0.1, -0.05) is 77.1 Å². The zero-order valence-electron chi connectivity index (χ0n) is 14.4. The first-order valence-corrected chi connectivity index (χ1v) is 8.36. The quantitative estimate of drug-likeness (QED) is 0.681. The van der Waals surface area contributed by atoms with Crippen LogP contribution in [0.2, 0.25) is 0 Å². The molecule has 0 spiro atoms. The van der Waals surface area contributed by atoms with Gasteiger partial charge >= 0.3 is 0 Å². The van der Waals surface area contributed by atoms with Crippen molar-refractivity contribution in [1.29, 1.82) is 0 Å². The van der Waals surface area contributed by atoms with Crippen LogP contribution in [0.5, 0.6) is 11.5 Å². The van der Waals surface area contributed by atoms with Gasteiger partial charge in [0.2, 0.25) is 0 Å². The Labute approximate surface area is 135 Å². The average Bonchev–Trinajstić information content (AvgIpc) is 2.65. The first-order chi connectivity index (χ1) is 10.9. The van der Waals surface area contributed by atoms with Crippen LogP contribution in [0.25, 0.3) is 11.1 Å². The third kappa shape index (κ3) is 4.27. The minimum absolute atomic E-state index is 0.155. The second-order valence-electron chi connectivity index (χ2n) is 4.46. The van der Waals surface area contributed by atoms with Crippen molar-refractivity contribution in [3.63, 3.8) is 0 Å². The summed E-state index contributed by atoms with van der Waals surface area (Å²) in [4.78, 5) is 0. The zero-order valence-corrected chi connectivity index (χ0v) is 14.4. The van der Waals surface area contributed by atoms with E-state index in [1.54, 1.807) is 0 Å². The molecule has 2 heteroatoms. The van der Waals surface area contributed by atoms with Gasteiger partial charge in [-0.3, -0.25) is 0 Å². The lowest BCUT2D eigenvalue weighted by Crippen LogP contribution is -2.28. The second kappa shape index (κ2) is 9.88. The molecular weight excluding hydrogens is 272 g/mol. The summed E-state index contributed by atoms with van der Waals surface area (Å²) in [6.07, 6.45) is 1.12. The first-order valence-electron chi connectivity index (χ1n) is 8.36. The van der Waals surface area contributed by atoms with Gasteiger partial charge in [0.05, 0.1) is 0 Å². The molecule has 3 rings (SSSR count). The number of hydrogen-bond donors (Lipinski definition) is 0. The third-order valence-corrected chi connectivity index (χ3v) is 3.23. The van der Waals surface area contributed by atoms with Crippen LogP contribution in [0.4, 0.5) is 0 Å². The fourth-order valence-electron chi connectivity index (χ4n) is 2.18. The molecule has 1 aliphatic heterocycles. The number of ether oxygens (including phenoxy) is 2. The Morgan fingerprint density at radius 1 is 0.909 bits per heavy atom. The summed E-state index contributed by atoms with van der Waals surface area (Å²) >= 11 is 0. The van der Waals surface area contributed by atoms with E-state index in [-0.39, 0.29) is 6.10 Å². The predicted molar refractivity (Wildman–Crippen MR) is 94.8 cm³/mol. The predicted octanol–water partition coefficient (Wildman–Crippen LogP) is 5.96. The molecule has 0 unspecified atom stereocenters. The lowest BCUT2D eigenvalue weighted by Gasteiger charge is -2.27. The van der Waals surface area contributed by atoms with E-state index < -0.39 is 0 Å². The number of benzene rings is 2. The molecule has 0 N–H and O–H groups in total. The van der Waals surface area contributed by atoms with E-state index >= 15 is 0 Å². The Balaban J connectivity index is 0.000000561. The van der Waals surface area contributed by atoms with Gasteiger partial charge in [0.1, 0.15) is 12.7 Å². The summed E-state index contributed by atoms with van der Waals surface area (Å²) in [6.45, 7) is 10.8. The van der Waals surface area contributed by atoms with Gasteiger partial charge in [0.15, 0.2) is 11.5 Å². The summed E-state index contributed by atoms with van der Waals surface area (Å²) in [7, 11) is 0. The number of fused-ring (bicyclic) bond motifs is 1. The highest BCUT2D eigenvalue weighted by Crippen LogP contribution is 2.41. The molecule has 1 aliphatic rings. The highest BCUT2D eigenvalue weighted by atomic mass is 16.6. The van der Waals surface area contributed by atoms with Gasteiger partial charge in [-0.15, -0.1) is 0 Å². The van der Waals surface area contributed by atoms with Crippen LogP contribution < -0.4 is 9.47 Å². The van der Waals surface area contributed by atoms with E-state index in [1.807, 2.05) is 58.0 Å². The minimum Gasteiger partial charge on any atom is -0.486 e. The molecule has 0 aliphatic carbocycles. The Hall–Kier alpha value is -1.96. The maximum Gasteiger partial charge on any atom is 0.169 e. The van der Waals surface area contributed by atoms with Gasteiger partial charge in [0.25, 0.3) is 0 Å². The fourth-order valence-corrected chi connectivity index (χ4v) is 2.18. The largest absolute Gasteiger partial charge is 0.486 e. The van der Waals surface area contributed by atoms with Crippen LogP contribution in [0.15, 0.2) is 48.5 Å². The highest BCUT2D eigenvalue weighted by molar-refractivity contribution is 5.74. The first kappa shape index (κ1) is 18.1. The fraction of sp³-hybridized carbons (Fsp3) is 0.400. The topological polar surface area (TPSA) is 18.5 Å². The summed E-state index contributed by atoms with van der Waals surface area (Å²) < 4.78 is 11.8. The van der Waals surface area contributed by atoms with E-state index in [1.165, 1.54) is 0 Å². The molecule has 0 saturated heterocycles. The van der Waals surface area contributed by atoms with Crippen molar-refractivity contribution in [2.24, 2.45) is 0 Å². The monoisotopic (exact) mass is 300 g/mol. The van der Waals surface area contributed by atoms with Crippen molar-refractivity contribution in [1.82, 2.24) is 0 Å². The van der Waals surface area contributed by atoms with E-state index in [0.717, 1.165) is 29.0 Å². The van der Waals surface area contributed by atoms with Crippen molar-refractivity contribution < 1.29 is 9.47 Å². The van der Waals surface area contributed by atoms with Crippen LogP contribution in [-0.4, -0.2) is 12.7 Å². The maximum absolute atomic E-state index is 6.04. The van der Waals surface area contributed by atoms with Gasteiger partial charge in [-0.2, -0.15) is 0 Å². The summed E-state index contributed by atoms with van der Waals surface area (Å²) in [5, 5.41) is 0. The smallest absolute Gasteiger partial charge is 0.169 e. The van der Waals surface area contributed by atoms with Gasteiger partial charge in [0, 0.05) is 5.56 Å². The normalized spacial score (nSPS) is 14.9. The van der Waals surface area contributed by atoms with Gasteiger partial charge in [-0.05, 0) is 18.1 Å². The second-order valence-corrected chi connectivity index (χ2v) is 4.46. The van der Waals surface area contributed by atoms with E-state index in [0.29, 0.717) is 6.61 Å². The molecule has 0 fully saturated rings. The Morgan fingerprint density at radius 2 is 1.59 bits per heavy atom. The van der Waals surface area contributed by atoms with Crippen LogP contribution in [0.1, 0.15) is 41.0 Å². The number of rotatable bonds is 2. The van der Waals surface area contributed by atoms with Crippen molar-refractivity contribution in [3.8, 4) is 22.6 Å².